The number of aromatic nitrogens is 1. The van der Waals surface area contributed by atoms with Gasteiger partial charge in [0.25, 0.3) is 0 Å². The van der Waals surface area contributed by atoms with Crippen molar-refractivity contribution < 1.29 is 0 Å². The fourth-order valence-electron chi connectivity index (χ4n) is 1.55. The molecule has 0 saturated carbocycles. The molecule has 2 heterocycles. The summed E-state index contributed by atoms with van der Waals surface area (Å²) in [5.41, 5.74) is 3.15. The third-order valence-electron chi connectivity index (χ3n) is 2.33. The Morgan fingerprint density at radius 1 is 1.27 bits per heavy atom. The molecule has 0 aliphatic carbocycles. The van der Waals surface area contributed by atoms with Gasteiger partial charge in [0.2, 0.25) is 0 Å². The number of nitrogens with zero attached hydrogens (tertiary/aromatic N) is 1. The maximum absolute atomic E-state index is 6.40. The van der Waals surface area contributed by atoms with Crippen LogP contribution in [0.5, 0.6) is 0 Å². The van der Waals surface area contributed by atoms with Crippen molar-refractivity contribution in [1.82, 2.24) is 4.98 Å². The van der Waals surface area contributed by atoms with Gasteiger partial charge in [-0.25, -0.2) is 0 Å². The van der Waals surface area contributed by atoms with Crippen LogP contribution in [0.4, 0.5) is 0 Å². The second-order valence-corrected chi connectivity index (χ2v) is 4.92. The summed E-state index contributed by atoms with van der Waals surface area (Å²) in [6.45, 7) is 4.00. The Balaban J connectivity index is 2.38. The van der Waals surface area contributed by atoms with Gasteiger partial charge < -0.3 is 0 Å². The molecule has 2 rings (SSSR count). The van der Waals surface area contributed by atoms with Gasteiger partial charge in [0.15, 0.2) is 0 Å². The summed E-state index contributed by atoms with van der Waals surface area (Å²) in [5.74, 6) is 0. The topological polar surface area (TPSA) is 12.9 Å². The smallest absolute Gasteiger partial charge is 0.0945 e. The van der Waals surface area contributed by atoms with Crippen molar-refractivity contribution in [3.8, 4) is 0 Å². The summed E-state index contributed by atoms with van der Waals surface area (Å²) >= 11 is 8.08. The van der Waals surface area contributed by atoms with Crippen molar-refractivity contribution in [3.63, 3.8) is 0 Å². The highest BCUT2D eigenvalue weighted by atomic mass is 35.5. The van der Waals surface area contributed by atoms with Crippen molar-refractivity contribution >= 4 is 22.9 Å². The third kappa shape index (κ3) is 2.21. The first-order chi connectivity index (χ1) is 7.18. The Labute approximate surface area is 98.7 Å². The molecule has 2 aromatic heterocycles. The van der Waals surface area contributed by atoms with Crippen LogP contribution in [0.25, 0.3) is 0 Å². The average Bonchev–Trinajstić information content (AvgIpc) is 2.69. The van der Waals surface area contributed by atoms with E-state index in [0.717, 1.165) is 17.0 Å². The first-order valence-electron chi connectivity index (χ1n) is 4.80. The SMILES string of the molecule is Cc1ccc(C(Cl)c2cccs2)c(C)n1. The van der Waals surface area contributed by atoms with Crippen molar-refractivity contribution in [2.75, 3.05) is 0 Å². The predicted molar refractivity (Wildman–Crippen MR) is 65.7 cm³/mol. The highest BCUT2D eigenvalue weighted by Crippen LogP contribution is 2.33. The van der Waals surface area contributed by atoms with Gasteiger partial charge in [0, 0.05) is 16.3 Å². The van der Waals surface area contributed by atoms with Crippen LogP contribution in [-0.2, 0) is 0 Å². The fourth-order valence-corrected chi connectivity index (χ4v) is 2.73. The van der Waals surface area contributed by atoms with E-state index in [2.05, 4.69) is 17.1 Å². The maximum atomic E-state index is 6.40. The van der Waals surface area contributed by atoms with Gasteiger partial charge in [-0.05, 0) is 36.9 Å². The Morgan fingerprint density at radius 3 is 2.67 bits per heavy atom. The molecule has 0 aliphatic rings. The minimum absolute atomic E-state index is 0.0712. The number of hydrogen-bond acceptors (Lipinski definition) is 2. The molecule has 0 N–H and O–H groups in total. The lowest BCUT2D eigenvalue weighted by atomic mass is 10.1. The van der Waals surface area contributed by atoms with E-state index in [9.17, 15) is 0 Å². The number of alkyl halides is 1. The fraction of sp³-hybridized carbons (Fsp3) is 0.250. The van der Waals surface area contributed by atoms with Crippen molar-refractivity contribution in [2.24, 2.45) is 0 Å². The maximum Gasteiger partial charge on any atom is 0.0945 e. The van der Waals surface area contributed by atoms with Crippen LogP contribution in [-0.4, -0.2) is 4.98 Å². The monoisotopic (exact) mass is 237 g/mol. The number of thiophene rings is 1. The molecule has 78 valence electrons. The van der Waals surface area contributed by atoms with E-state index >= 15 is 0 Å². The number of rotatable bonds is 2. The lowest BCUT2D eigenvalue weighted by Crippen LogP contribution is -1.97. The van der Waals surface area contributed by atoms with Gasteiger partial charge >= 0.3 is 0 Å². The first kappa shape index (κ1) is 10.7. The van der Waals surface area contributed by atoms with E-state index in [1.807, 2.05) is 31.4 Å². The zero-order valence-electron chi connectivity index (χ0n) is 8.70. The minimum atomic E-state index is -0.0712. The van der Waals surface area contributed by atoms with E-state index in [0.29, 0.717) is 0 Å². The van der Waals surface area contributed by atoms with Crippen LogP contribution in [0.3, 0.4) is 0 Å². The van der Waals surface area contributed by atoms with Crippen LogP contribution in [0.2, 0.25) is 0 Å². The zero-order chi connectivity index (χ0) is 10.8. The zero-order valence-corrected chi connectivity index (χ0v) is 10.3. The molecular weight excluding hydrogens is 226 g/mol. The third-order valence-corrected chi connectivity index (χ3v) is 3.87. The van der Waals surface area contributed by atoms with E-state index in [4.69, 9.17) is 11.6 Å². The van der Waals surface area contributed by atoms with Crippen LogP contribution < -0.4 is 0 Å². The molecule has 0 aliphatic heterocycles. The predicted octanol–water partition coefficient (Wildman–Crippen LogP) is 4.09. The standard InChI is InChI=1S/C12H12ClNS/c1-8-5-6-10(9(2)14-8)12(13)11-4-3-7-15-11/h3-7,12H,1-2H3. The lowest BCUT2D eigenvalue weighted by molar-refractivity contribution is 1.03. The first-order valence-corrected chi connectivity index (χ1v) is 6.11. The van der Waals surface area contributed by atoms with Crippen molar-refractivity contribution in [2.45, 2.75) is 19.2 Å². The lowest BCUT2D eigenvalue weighted by Gasteiger charge is -2.10. The largest absolute Gasteiger partial charge is 0.258 e. The molecule has 1 nitrogen and oxygen atoms in total. The number of pyridine rings is 1. The van der Waals surface area contributed by atoms with Gasteiger partial charge in [-0.15, -0.1) is 22.9 Å². The summed E-state index contributed by atoms with van der Waals surface area (Å²) in [7, 11) is 0. The van der Waals surface area contributed by atoms with Crippen LogP contribution in [0, 0.1) is 13.8 Å². The summed E-state index contributed by atoms with van der Waals surface area (Å²) in [5, 5.41) is 1.97. The second-order valence-electron chi connectivity index (χ2n) is 3.51. The summed E-state index contributed by atoms with van der Waals surface area (Å²) in [4.78, 5) is 5.60. The highest BCUT2D eigenvalue weighted by Gasteiger charge is 2.14. The van der Waals surface area contributed by atoms with Gasteiger partial charge in [-0.3, -0.25) is 4.98 Å². The van der Waals surface area contributed by atoms with Crippen molar-refractivity contribution in [3.05, 3.63) is 51.5 Å². The summed E-state index contributed by atoms with van der Waals surface area (Å²) in [6, 6.07) is 8.15. The van der Waals surface area contributed by atoms with E-state index in [-0.39, 0.29) is 5.38 Å². The highest BCUT2D eigenvalue weighted by molar-refractivity contribution is 7.10. The van der Waals surface area contributed by atoms with Gasteiger partial charge in [-0.2, -0.15) is 0 Å². The molecular formula is C12H12ClNS. The van der Waals surface area contributed by atoms with Gasteiger partial charge in [-0.1, -0.05) is 12.1 Å². The quantitative estimate of drug-likeness (QED) is 0.717. The van der Waals surface area contributed by atoms with Crippen LogP contribution >= 0.6 is 22.9 Å². The normalized spacial score (nSPS) is 12.7. The molecule has 0 aromatic carbocycles. The van der Waals surface area contributed by atoms with Gasteiger partial charge in [0.1, 0.15) is 0 Å². The molecule has 3 heteroatoms. The van der Waals surface area contributed by atoms with Crippen LogP contribution in [0.1, 0.15) is 27.2 Å². The molecule has 0 radical (unpaired) electrons. The number of halogens is 1. The Kier molecular flexibility index (Phi) is 3.08. The molecule has 1 unspecified atom stereocenters. The molecule has 0 amide bonds. The molecule has 15 heavy (non-hydrogen) atoms. The molecule has 2 aromatic rings. The van der Waals surface area contributed by atoms with E-state index in [1.165, 1.54) is 4.88 Å². The molecule has 0 spiro atoms. The molecule has 0 bridgehead atoms. The van der Waals surface area contributed by atoms with Crippen LogP contribution in [0.15, 0.2) is 29.6 Å². The number of hydrogen-bond donors (Lipinski definition) is 0. The average molecular weight is 238 g/mol. The van der Waals surface area contributed by atoms with Gasteiger partial charge in [0.05, 0.1) is 5.38 Å². The second kappa shape index (κ2) is 4.33. The Hall–Kier alpha value is -0.860. The molecule has 1 atom stereocenters. The summed E-state index contributed by atoms with van der Waals surface area (Å²) < 4.78 is 0. The van der Waals surface area contributed by atoms with Crippen molar-refractivity contribution in [1.29, 1.82) is 0 Å². The number of aryl methyl sites for hydroxylation is 2. The molecule has 0 fully saturated rings. The molecule has 0 saturated heterocycles. The minimum Gasteiger partial charge on any atom is -0.258 e. The Morgan fingerprint density at radius 2 is 2.07 bits per heavy atom. The van der Waals surface area contributed by atoms with E-state index in [1.54, 1.807) is 11.3 Å². The van der Waals surface area contributed by atoms with E-state index < -0.39 is 0 Å². The Bertz CT molecular complexity index is 451. The summed E-state index contributed by atoms with van der Waals surface area (Å²) in [6.07, 6.45) is 0.